The molecule has 4 fully saturated rings. The van der Waals surface area contributed by atoms with Crippen molar-refractivity contribution in [2.24, 2.45) is 9.98 Å². The van der Waals surface area contributed by atoms with Crippen molar-refractivity contribution in [2.75, 3.05) is 170 Å². The van der Waals surface area contributed by atoms with Crippen LogP contribution in [0.5, 0.6) is 46.0 Å². The Morgan fingerprint density at radius 1 is 0.388 bits per heavy atom. The molecule has 6 amide bonds. The van der Waals surface area contributed by atoms with Gasteiger partial charge in [0, 0.05) is 62.9 Å². The number of esters is 2. The molecule has 14 rings (SSSR count). The smallest absolute Gasteiger partial charge is 0.416 e. The number of methoxy groups -OCH3 is 4. The second-order valence-electron chi connectivity index (χ2n) is 32.5. The highest BCUT2D eigenvalue weighted by atomic mass is 16.6. The second-order valence-corrected chi connectivity index (χ2v) is 32.5. The molecule has 6 aromatic carbocycles. The van der Waals surface area contributed by atoms with Crippen LogP contribution < -0.4 is 47.7 Å². The van der Waals surface area contributed by atoms with Crippen LogP contribution in [0.2, 0.25) is 0 Å². The van der Waals surface area contributed by atoms with E-state index in [0.29, 0.717) is 132 Å². The van der Waals surface area contributed by atoms with Gasteiger partial charge in [0.05, 0.1) is 164 Å². The predicted octanol–water partition coefficient (Wildman–Crippen LogP) is 11.0. The maximum absolute atomic E-state index is 14.1. The molecule has 8 aliphatic heterocycles. The zero-order valence-electron chi connectivity index (χ0n) is 76.0. The fourth-order valence-corrected chi connectivity index (χ4v) is 16.3. The van der Waals surface area contributed by atoms with Crippen LogP contribution in [-0.4, -0.2) is 287 Å². The number of rotatable bonds is 42. The van der Waals surface area contributed by atoms with Crippen LogP contribution in [-0.2, 0) is 83.4 Å². The number of aliphatic hydroxyl groups is 2. The van der Waals surface area contributed by atoms with Gasteiger partial charge in [-0.3, -0.25) is 29.2 Å². The number of hydrogen-bond donors (Lipinski definition) is 2. The molecule has 0 aliphatic carbocycles. The van der Waals surface area contributed by atoms with Gasteiger partial charge < -0.3 is 115 Å². The molecule has 2 unspecified atom stereocenters. The Morgan fingerprint density at radius 3 is 1.13 bits per heavy atom. The Balaban J connectivity index is 0.000000232. The highest BCUT2D eigenvalue weighted by Crippen LogP contribution is 2.46. The number of aliphatic hydroxyl groups excluding tert-OH is 2. The van der Waals surface area contributed by atoms with Crippen LogP contribution in [0.1, 0.15) is 100 Å². The van der Waals surface area contributed by atoms with E-state index in [9.17, 15) is 48.6 Å². The maximum atomic E-state index is 14.1. The van der Waals surface area contributed by atoms with Crippen molar-refractivity contribution in [2.45, 2.75) is 103 Å². The van der Waals surface area contributed by atoms with E-state index >= 15 is 0 Å². The highest BCUT2D eigenvalue weighted by molar-refractivity contribution is 6.08. The van der Waals surface area contributed by atoms with E-state index < -0.39 is 54.6 Å². The van der Waals surface area contributed by atoms with E-state index in [2.05, 4.69) is 58.9 Å². The molecule has 0 bridgehead atoms. The van der Waals surface area contributed by atoms with E-state index in [4.69, 9.17) is 75.8 Å². The third-order valence-corrected chi connectivity index (χ3v) is 22.8. The van der Waals surface area contributed by atoms with Crippen LogP contribution in [0.25, 0.3) is 0 Å². The van der Waals surface area contributed by atoms with Gasteiger partial charge in [-0.25, -0.2) is 29.0 Å². The van der Waals surface area contributed by atoms with Gasteiger partial charge in [-0.15, -0.1) is 0 Å². The summed E-state index contributed by atoms with van der Waals surface area (Å²) in [6.45, 7) is 31.3. The van der Waals surface area contributed by atoms with Crippen molar-refractivity contribution < 1.29 is 134 Å². The Kier molecular flexibility index (Phi) is 33.9. The van der Waals surface area contributed by atoms with Gasteiger partial charge in [0.15, 0.2) is 35.5 Å². The molecule has 0 radical (unpaired) electrons. The van der Waals surface area contributed by atoms with Crippen molar-refractivity contribution >= 4 is 82.9 Å². The molecular formula is C98H112N8O28. The quantitative estimate of drug-likeness (QED) is 0.0156. The highest BCUT2D eigenvalue weighted by Gasteiger charge is 2.49. The van der Waals surface area contributed by atoms with E-state index in [1.807, 2.05) is 54.4 Å². The summed E-state index contributed by atoms with van der Waals surface area (Å²) in [5, 5.41) is 23.3. The first kappa shape index (κ1) is 98.1. The summed E-state index contributed by atoms with van der Waals surface area (Å²) in [6, 6.07) is 22.4. The van der Waals surface area contributed by atoms with Gasteiger partial charge in [-0.05, 0) is 134 Å². The lowest BCUT2D eigenvalue weighted by molar-refractivity contribution is -0.147. The van der Waals surface area contributed by atoms with Crippen LogP contribution in [0.15, 0.2) is 169 Å². The molecule has 36 nitrogen and oxygen atoms in total. The topological polar surface area (TPSA) is 387 Å². The molecule has 6 atom stereocenters. The lowest BCUT2D eigenvalue weighted by atomic mass is 10.1. The SMILES string of the molecule is C=C1C[C@H]2C=Nc3cc(OCc4cc(COc5cc6c(cc5OC)C(=O)N5CC(=C)C[C@H]5C=N6)cc(OCCOCCOCCOCC(=O)OC)c4)c(C)cc3C(=O)N2C1.C=CCOC(=O)N1c2cc(OCc3cc(COc4cc5c(cc4OC)C(=O)N4CC(=C)C[C@H]4C(O)N5C(=O)OCC=C)cc(OCCOCCOCCOCC(=O)OC)c3)c(C)cc2C(=O)N2CC(=C)C[C@H]2C1O. The number of ether oxygens (including phenoxy) is 18. The Bertz CT molecular complexity index is 5500. The average Bonchev–Trinajstić information content (AvgIpc) is 1.60. The lowest BCUT2D eigenvalue weighted by Crippen LogP contribution is -2.50. The van der Waals surface area contributed by atoms with Gasteiger partial charge in [-0.2, -0.15) is 0 Å². The van der Waals surface area contributed by atoms with Crippen molar-refractivity contribution in [1.82, 2.24) is 19.6 Å². The molecule has 134 heavy (non-hydrogen) atoms. The molecule has 8 heterocycles. The van der Waals surface area contributed by atoms with Gasteiger partial charge in [0.25, 0.3) is 23.6 Å². The molecule has 712 valence electrons. The molecule has 0 spiro atoms. The van der Waals surface area contributed by atoms with Crippen LogP contribution >= 0.6 is 0 Å². The summed E-state index contributed by atoms with van der Waals surface area (Å²) in [6.07, 6.45) is 3.59. The van der Waals surface area contributed by atoms with E-state index in [0.717, 1.165) is 43.2 Å². The molecule has 4 saturated heterocycles. The van der Waals surface area contributed by atoms with E-state index in [1.165, 1.54) is 68.6 Å². The first-order chi connectivity index (χ1) is 64.8. The van der Waals surface area contributed by atoms with Gasteiger partial charge in [-0.1, -0.05) is 73.9 Å². The standard InChI is InChI=1S/C53H62N4O17.C45H50N4O11/c1-8-10-71-52(63)56-40-25-44(34(5)20-38(40)48(59)54-27-32(3)18-42(54)50(56)61)73-29-35-21-36(23-37(22-35)70-17-16-68-13-12-67-14-15-69-31-47(58)66-7)30-74-46-26-41-39(24-45(46)65-6)49(60)55-28-33(4)19-43(55)51(62)57(41)53(64)72-11-9-2;1-28-12-33-21-46-38-19-40(30(3)14-36(38)44(51)48(33)23-28)59-25-31-15-32(17-35(16-31)58-11-10-56-7-6-55-8-9-57-27-43(50)54-5)26-60-42-20-39-37(18-41(42)53-4)45(52)49-24-29(2)13-34(49)22-47-39/h8-9,20-26,42-43,50-51,61-62H,1-4,10-19,27-31H2,5-7H3;14-22,33-34H,1-2,6-13,23-27H2,3-5H3/t42-,43-,50?,51?;33-,34-/m00/s1. The van der Waals surface area contributed by atoms with Crippen LogP contribution in [0, 0.1) is 13.8 Å². The van der Waals surface area contributed by atoms with Crippen molar-refractivity contribution in [1.29, 1.82) is 0 Å². The maximum Gasteiger partial charge on any atom is 0.416 e. The number of nitrogens with zero attached hydrogens (tertiary/aromatic N) is 8. The molecule has 8 aliphatic rings. The molecular weight excluding hydrogens is 1740 g/mol. The average molecular weight is 1850 g/mol. The number of carbonyl (C=O) groups is 8. The fraction of sp³-hybridized carbons (Fsp3) is 0.408. The number of aliphatic imine (C=N–C) groups is 2. The molecule has 6 aromatic rings. The normalized spacial score (nSPS) is 18.4. The largest absolute Gasteiger partial charge is 0.493 e. The lowest BCUT2D eigenvalue weighted by Gasteiger charge is -2.31. The van der Waals surface area contributed by atoms with Crippen molar-refractivity contribution in [3.8, 4) is 46.0 Å². The number of carbonyl (C=O) groups excluding carboxylic acids is 8. The van der Waals surface area contributed by atoms with Crippen LogP contribution in [0.3, 0.4) is 0 Å². The van der Waals surface area contributed by atoms with Crippen molar-refractivity contribution in [3.05, 3.63) is 214 Å². The zero-order chi connectivity index (χ0) is 95.2. The van der Waals surface area contributed by atoms with Gasteiger partial charge in [0.2, 0.25) is 0 Å². The minimum atomic E-state index is -1.49. The minimum absolute atomic E-state index is 0.0413. The molecule has 0 saturated carbocycles. The monoisotopic (exact) mass is 1850 g/mol. The summed E-state index contributed by atoms with van der Waals surface area (Å²) in [7, 11) is 5.53. The minimum Gasteiger partial charge on any atom is -0.493 e. The Hall–Kier alpha value is -13.5. The first-order valence-electron chi connectivity index (χ1n) is 43.6. The summed E-state index contributed by atoms with van der Waals surface area (Å²) in [5.74, 6) is 1.11. The fourth-order valence-electron chi connectivity index (χ4n) is 16.3. The summed E-state index contributed by atoms with van der Waals surface area (Å²) >= 11 is 0. The van der Waals surface area contributed by atoms with Gasteiger partial charge >= 0.3 is 24.1 Å². The molecule has 36 heteroatoms. The number of benzene rings is 6. The number of hydrogen-bond acceptors (Lipinski definition) is 30. The Labute approximate surface area is 775 Å². The first-order valence-corrected chi connectivity index (χ1v) is 43.6. The second kappa shape index (κ2) is 46.3. The van der Waals surface area contributed by atoms with E-state index in [-0.39, 0.29) is 195 Å². The number of amides is 6. The molecule has 2 N–H and O–H groups in total. The third-order valence-electron chi connectivity index (χ3n) is 22.8. The number of fused-ring (bicyclic) bond motifs is 8. The van der Waals surface area contributed by atoms with E-state index in [1.54, 1.807) is 48.4 Å². The summed E-state index contributed by atoms with van der Waals surface area (Å²) in [5.41, 5.74) is 10.1. The summed E-state index contributed by atoms with van der Waals surface area (Å²) in [4.78, 5) is 123. The summed E-state index contributed by atoms with van der Waals surface area (Å²) < 4.78 is 102. The number of aryl methyl sites for hydroxylation is 2. The third kappa shape index (κ3) is 24.1. The predicted molar refractivity (Wildman–Crippen MR) is 489 cm³/mol. The van der Waals surface area contributed by atoms with Crippen molar-refractivity contribution in [3.63, 3.8) is 0 Å². The number of anilines is 2. The van der Waals surface area contributed by atoms with Crippen LogP contribution in [0.4, 0.5) is 32.3 Å². The Morgan fingerprint density at radius 2 is 0.716 bits per heavy atom. The zero-order valence-corrected chi connectivity index (χ0v) is 76.0. The molecule has 0 aromatic heterocycles. The van der Waals surface area contributed by atoms with Gasteiger partial charge in [0.1, 0.15) is 89.1 Å².